The molecule has 1 fully saturated rings. The Morgan fingerprint density at radius 1 is 1.22 bits per heavy atom. The van der Waals surface area contributed by atoms with Crippen molar-refractivity contribution in [3.8, 4) is 0 Å². The van der Waals surface area contributed by atoms with E-state index >= 15 is 0 Å². The van der Waals surface area contributed by atoms with Gasteiger partial charge < -0.3 is 10.0 Å². The van der Waals surface area contributed by atoms with Gasteiger partial charge >= 0.3 is 0 Å². The number of aliphatic hydroxyl groups is 1. The van der Waals surface area contributed by atoms with Crippen LogP contribution >= 0.6 is 0 Å². The van der Waals surface area contributed by atoms with Crippen LogP contribution in [0.4, 0.5) is 0 Å². The van der Waals surface area contributed by atoms with Crippen molar-refractivity contribution in [3.63, 3.8) is 0 Å². The van der Waals surface area contributed by atoms with Gasteiger partial charge in [-0.25, -0.2) is 12.7 Å². The van der Waals surface area contributed by atoms with Crippen LogP contribution in [0.1, 0.15) is 25.7 Å². The highest BCUT2D eigenvalue weighted by Gasteiger charge is 2.27. The fraction of sp³-hybridized carbons (Fsp3) is 1.00. The molecule has 1 saturated heterocycles. The van der Waals surface area contributed by atoms with Gasteiger partial charge in [-0.1, -0.05) is 0 Å². The lowest BCUT2D eigenvalue weighted by Crippen LogP contribution is -2.41. The Morgan fingerprint density at radius 2 is 1.83 bits per heavy atom. The molecule has 0 amide bonds. The van der Waals surface area contributed by atoms with Crippen LogP contribution in [-0.4, -0.2) is 68.8 Å². The maximum Gasteiger partial charge on any atom is 0.214 e. The molecular formula is C12H26N2O3S. The van der Waals surface area contributed by atoms with Gasteiger partial charge in [0.2, 0.25) is 10.0 Å². The van der Waals surface area contributed by atoms with E-state index in [1.807, 2.05) is 0 Å². The zero-order valence-corrected chi connectivity index (χ0v) is 12.3. The molecule has 0 bridgehead atoms. The van der Waals surface area contributed by atoms with Crippen molar-refractivity contribution in [2.45, 2.75) is 25.7 Å². The zero-order valence-electron chi connectivity index (χ0n) is 11.5. The fourth-order valence-electron chi connectivity index (χ4n) is 2.41. The Morgan fingerprint density at radius 3 is 2.33 bits per heavy atom. The van der Waals surface area contributed by atoms with E-state index < -0.39 is 10.0 Å². The Labute approximate surface area is 111 Å². The lowest BCUT2D eigenvalue weighted by molar-refractivity contribution is 0.224. The number of nitrogens with zero attached hydrogens (tertiary/aromatic N) is 2. The van der Waals surface area contributed by atoms with Crippen molar-refractivity contribution in [2.75, 3.05) is 46.1 Å². The number of piperidine rings is 1. The van der Waals surface area contributed by atoms with Gasteiger partial charge in [0, 0.05) is 26.2 Å². The van der Waals surface area contributed by atoms with E-state index in [9.17, 15) is 8.42 Å². The van der Waals surface area contributed by atoms with E-state index in [1.165, 1.54) is 0 Å². The van der Waals surface area contributed by atoms with E-state index in [0.717, 1.165) is 19.4 Å². The summed E-state index contributed by atoms with van der Waals surface area (Å²) in [6.45, 7) is 2.42. The maximum atomic E-state index is 12.0. The highest BCUT2D eigenvalue weighted by Crippen LogP contribution is 2.20. The van der Waals surface area contributed by atoms with Crippen molar-refractivity contribution in [1.82, 2.24) is 9.21 Å². The SMILES string of the molecule is CN(C)CC1CCN(S(=O)(=O)CCCCO)CC1. The predicted molar refractivity (Wildman–Crippen MR) is 73.0 cm³/mol. The first kappa shape index (κ1) is 15.9. The number of aliphatic hydroxyl groups excluding tert-OH is 1. The number of hydrogen-bond donors (Lipinski definition) is 1. The first-order valence-corrected chi connectivity index (χ1v) is 8.30. The Balaban J connectivity index is 2.37. The van der Waals surface area contributed by atoms with Gasteiger partial charge in [0.25, 0.3) is 0 Å². The van der Waals surface area contributed by atoms with Gasteiger partial charge in [0.05, 0.1) is 5.75 Å². The minimum Gasteiger partial charge on any atom is -0.396 e. The normalized spacial score (nSPS) is 19.6. The van der Waals surface area contributed by atoms with Crippen molar-refractivity contribution in [2.24, 2.45) is 5.92 Å². The third-order valence-electron chi connectivity index (χ3n) is 3.40. The van der Waals surface area contributed by atoms with E-state index in [1.54, 1.807) is 4.31 Å². The third-order valence-corrected chi connectivity index (χ3v) is 5.36. The summed E-state index contributed by atoms with van der Waals surface area (Å²) in [5.74, 6) is 0.787. The molecule has 0 spiro atoms. The summed E-state index contributed by atoms with van der Waals surface area (Å²) in [5.41, 5.74) is 0. The number of unbranched alkanes of at least 4 members (excludes halogenated alkanes) is 1. The van der Waals surface area contributed by atoms with E-state index in [4.69, 9.17) is 5.11 Å². The van der Waals surface area contributed by atoms with Crippen LogP contribution in [0.2, 0.25) is 0 Å². The standard InChI is InChI=1S/C12H26N2O3S/c1-13(2)11-12-5-7-14(8-6-12)18(16,17)10-4-3-9-15/h12,15H,3-11H2,1-2H3. The van der Waals surface area contributed by atoms with Crippen LogP contribution in [0, 0.1) is 5.92 Å². The highest BCUT2D eigenvalue weighted by molar-refractivity contribution is 7.89. The molecule has 108 valence electrons. The minimum atomic E-state index is -3.10. The molecule has 0 radical (unpaired) electrons. The Kier molecular flexibility index (Phi) is 6.55. The summed E-state index contributed by atoms with van der Waals surface area (Å²) in [5, 5.41) is 8.68. The van der Waals surface area contributed by atoms with Crippen molar-refractivity contribution >= 4 is 10.0 Å². The molecule has 18 heavy (non-hydrogen) atoms. The molecule has 1 aliphatic rings. The molecule has 5 nitrogen and oxygen atoms in total. The van der Waals surface area contributed by atoms with E-state index in [0.29, 0.717) is 31.8 Å². The molecule has 0 aliphatic carbocycles. The predicted octanol–water partition coefficient (Wildman–Crippen LogP) is 0.362. The molecule has 0 atom stereocenters. The summed E-state index contributed by atoms with van der Waals surface area (Å²) in [6.07, 6.45) is 3.03. The second-order valence-electron chi connectivity index (χ2n) is 5.35. The zero-order chi connectivity index (χ0) is 13.6. The highest BCUT2D eigenvalue weighted by atomic mass is 32.2. The van der Waals surface area contributed by atoms with Gasteiger partial charge in [-0.2, -0.15) is 0 Å². The topological polar surface area (TPSA) is 60.9 Å². The fourth-order valence-corrected chi connectivity index (χ4v) is 4.01. The van der Waals surface area contributed by atoms with E-state index in [2.05, 4.69) is 19.0 Å². The summed E-state index contributed by atoms with van der Waals surface area (Å²) in [6, 6.07) is 0. The van der Waals surface area contributed by atoms with E-state index in [-0.39, 0.29) is 12.4 Å². The van der Waals surface area contributed by atoms with Crippen LogP contribution < -0.4 is 0 Å². The molecule has 1 rings (SSSR count). The second-order valence-corrected chi connectivity index (χ2v) is 7.44. The van der Waals surface area contributed by atoms with Crippen LogP contribution in [0.25, 0.3) is 0 Å². The molecule has 6 heteroatoms. The molecule has 0 unspecified atom stereocenters. The largest absolute Gasteiger partial charge is 0.396 e. The lowest BCUT2D eigenvalue weighted by atomic mass is 9.98. The first-order chi connectivity index (χ1) is 8.45. The summed E-state index contributed by atoms with van der Waals surface area (Å²) in [4.78, 5) is 2.16. The lowest BCUT2D eigenvalue weighted by Gasteiger charge is -2.32. The number of sulfonamides is 1. The van der Waals surface area contributed by atoms with Gasteiger partial charge in [-0.3, -0.25) is 0 Å². The molecule has 0 aromatic heterocycles. The van der Waals surface area contributed by atoms with Gasteiger partial charge in [0.15, 0.2) is 0 Å². The molecule has 0 aromatic carbocycles. The molecule has 1 aliphatic heterocycles. The van der Waals surface area contributed by atoms with Crippen LogP contribution in [-0.2, 0) is 10.0 Å². The van der Waals surface area contributed by atoms with Crippen LogP contribution in [0.5, 0.6) is 0 Å². The van der Waals surface area contributed by atoms with Crippen molar-refractivity contribution in [1.29, 1.82) is 0 Å². The smallest absolute Gasteiger partial charge is 0.214 e. The summed E-state index contributed by atoms with van der Waals surface area (Å²) in [7, 11) is 1.01. The Hall–Kier alpha value is -0.170. The second kappa shape index (κ2) is 7.43. The number of hydrogen-bond acceptors (Lipinski definition) is 4. The summed E-state index contributed by atoms with van der Waals surface area (Å²) >= 11 is 0. The minimum absolute atomic E-state index is 0.0699. The van der Waals surface area contributed by atoms with Gasteiger partial charge in [0.1, 0.15) is 0 Å². The van der Waals surface area contributed by atoms with Crippen LogP contribution in [0.3, 0.4) is 0 Å². The summed E-state index contributed by atoms with van der Waals surface area (Å²) < 4.78 is 25.7. The molecule has 0 saturated carbocycles. The maximum absolute atomic E-state index is 12.0. The molecule has 1 heterocycles. The van der Waals surface area contributed by atoms with Gasteiger partial charge in [-0.05, 0) is 45.7 Å². The van der Waals surface area contributed by atoms with Crippen molar-refractivity contribution in [3.05, 3.63) is 0 Å². The van der Waals surface area contributed by atoms with Crippen molar-refractivity contribution < 1.29 is 13.5 Å². The average Bonchev–Trinajstić information content (AvgIpc) is 2.29. The molecule has 0 aromatic rings. The number of rotatable bonds is 7. The monoisotopic (exact) mass is 278 g/mol. The quantitative estimate of drug-likeness (QED) is 0.683. The van der Waals surface area contributed by atoms with Crippen LogP contribution in [0.15, 0.2) is 0 Å². The average molecular weight is 278 g/mol. The molecule has 1 N–H and O–H groups in total. The Bertz CT molecular complexity index is 322. The first-order valence-electron chi connectivity index (χ1n) is 6.69. The third kappa shape index (κ3) is 5.22. The van der Waals surface area contributed by atoms with Gasteiger partial charge in [-0.15, -0.1) is 0 Å². The molecular weight excluding hydrogens is 252 g/mol.